The van der Waals surface area contributed by atoms with E-state index in [2.05, 4.69) is 10.4 Å². The summed E-state index contributed by atoms with van der Waals surface area (Å²) in [6.45, 7) is 2.40. The highest BCUT2D eigenvalue weighted by molar-refractivity contribution is 5.77. The van der Waals surface area contributed by atoms with E-state index in [0.717, 1.165) is 16.9 Å². The number of para-hydroxylation sites is 1. The van der Waals surface area contributed by atoms with Crippen molar-refractivity contribution in [3.05, 3.63) is 107 Å². The van der Waals surface area contributed by atoms with Crippen molar-refractivity contribution >= 4 is 5.91 Å². The molecular formula is C27H25N3O4. The number of rotatable bonds is 9. The highest BCUT2D eigenvalue weighted by atomic mass is 16.5. The highest BCUT2D eigenvalue weighted by Gasteiger charge is 2.06. The van der Waals surface area contributed by atoms with Crippen molar-refractivity contribution in [2.45, 2.75) is 13.5 Å². The van der Waals surface area contributed by atoms with Crippen LogP contribution in [0.3, 0.4) is 0 Å². The van der Waals surface area contributed by atoms with Gasteiger partial charge in [0.1, 0.15) is 17.2 Å². The molecule has 0 spiro atoms. The van der Waals surface area contributed by atoms with Crippen LogP contribution in [0.4, 0.5) is 0 Å². The van der Waals surface area contributed by atoms with Crippen molar-refractivity contribution < 1.29 is 14.3 Å². The molecule has 34 heavy (non-hydrogen) atoms. The fourth-order valence-electron chi connectivity index (χ4n) is 3.22. The van der Waals surface area contributed by atoms with Crippen molar-refractivity contribution in [1.29, 1.82) is 0 Å². The van der Waals surface area contributed by atoms with Crippen molar-refractivity contribution in [2.75, 3.05) is 13.2 Å². The highest BCUT2D eigenvalue weighted by Crippen LogP contribution is 2.23. The fraction of sp³-hybridized carbons (Fsp3) is 0.148. The van der Waals surface area contributed by atoms with E-state index in [9.17, 15) is 9.59 Å². The van der Waals surface area contributed by atoms with Crippen LogP contribution in [0.2, 0.25) is 0 Å². The van der Waals surface area contributed by atoms with E-state index in [0.29, 0.717) is 17.2 Å². The summed E-state index contributed by atoms with van der Waals surface area (Å²) in [6.07, 6.45) is 0. The van der Waals surface area contributed by atoms with Crippen LogP contribution in [0.5, 0.6) is 17.2 Å². The van der Waals surface area contributed by atoms with Crippen molar-refractivity contribution in [3.63, 3.8) is 0 Å². The molecular weight excluding hydrogens is 430 g/mol. The van der Waals surface area contributed by atoms with Crippen molar-refractivity contribution in [3.8, 4) is 28.5 Å². The maximum atomic E-state index is 12.2. The molecule has 0 aliphatic carbocycles. The number of amides is 1. The quantitative estimate of drug-likeness (QED) is 0.409. The lowest BCUT2D eigenvalue weighted by molar-refractivity contribution is -0.123. The molecule has 0 saturated heterocycles. The van der Waals surface area contributed by atoms with Gasteiger partial charge in [-0.1, -0.05) is 48.0 Å². The number of aryl methyl sites for hydroxylation is 1. The molecule has 7 nitrogen and oxygen atoms in total. The van der Waals surface area contributed by atoms with E-state index >= 15 is 0 Å². The third kappa shape index (κ3) is 6.32. The second kappa shape index (κ2) is 11.0. The summed E-state index contributed by atoms with van der Waals surface area (Å²) in [7, 11) is 0. The Morgan fingerprint density at radius 1 is 0.853 bits per heavy atom. The minimum Gasteiger partial charge on any atom is -0.484 e. The summed E-state index contributed by atoms with van der Waals surface area (Å²) >= 11 is 0. The van der Waals surface area contributed by atoms with E-state index in [-0.39, 0.29) is 31.2 Å². The van der Waals surface area contributed by atoms with Gasteiger partial charge in [-0.05, 0) is 49.4 Å². The molecule has 0 radical (unpaired) electrons. The Balaban J connectivity index is 1.24. The van der Waals surface area contributed by atoms with E-state index in [1.807, 2.05) is 61.5 Å². The lowest BCUT2D eigenvalue weighted by atomic mass is 10.1. The summed E-state index contributed by atoms with van der Waals surface area (Å²) in [4.78, 5) is 24.3. The zero-order valence-corrected chi connectivity index (χ0v) is 18.8. The average molecular weight is 456 g/mol. The van der Waals surface area contributed by atoms with Gasteiger partial charge in [0, 0.05) is 18.2 Å². The molecule has 0 saturated carbocycles. The first-order valence-electron chi connectivity index (χ1n) is 10.9. The van der Waals surface area contributed by atoms with Gasteiger partial charge in [-0.3, -0.25) is 9.59 Å². The van der Waals surface area contributed by atoms with Gasteiger partial charge in [-0.25, -0.2) is 4.68 Å². The van der Waals surface area contributed by atoms with Crippen LogP contribution < -0.4 is 20.3 Å². The molecule has 0 fully saturated rings. The number of carbonyl (C=O) groups is 1. The molecule has 1 aromatic heterocycles. The number of hydrogen-bond acceptors (Lipinski definition) is 5. The third-order valence-electron chi connectivity index (χ3n) is 5.03. The Hall–Kier alpha value is -4.39. The topological polar surface area (TPSA) is 82.5 Å². The second-order valence-corrected chi connectivity index (χ2v) is 7.67. The summed E-state index contributed by atoms with van der Waals surface area (Å²) in [6, 6.07) is 27.6. The van der Waals surface area contributed by atoms with Crippen LogP contribution in [0, 0.1) is 6.92 Å². The number of aromatic nitrogens is 2. The molecule has 4 rings (SSSR count). The molecule has 0 unspecified atom stereocenters. The van der Waals surface area contributed by atoms with Gasteiger partial charge in [0.25, 0.3) is 11.5 Å². The zero-order valence-electron chi connectivity index (χ0n) is 18.8. The van der Waals surface area contributed by atoms with E-state index < -0.39 is 0 Å². The van der Waals surface area contributed by atoms with Gasteiger partial charge in [0.05, 0.1) is 12.2 Å². The molecule has 0 aliphatic rings. The van der Waals surface area contributed by atoms with E-state index in [1.54, 1.807) is 30.3 Å². The molecule has 172 valence electrons. The number of benzene rings is 3. The maximum Gasteiger partial charge on any atom is 0.266 e. The molecule has 0 aliphatic heterocycles. The monoisotopic (exact) mass is 455 g/mol. The van der Waals surface area contributed by atoms with Gasteiger partial charge >= 0.3 is 0 Å². The largest absolute Gasteiger partial charge is 0.484 e. The van der Waals surface area contributed by atoms with E-state index in [1.165, 1.54) is 10.7 Å². The first-order chi connectivity index (χ1) is 16.6. The van der Waals surface area contributed by atoms with Crippen LogP contribution in [-0.4, -0.2) is 28.8 Å². The lowest BCUT2D eigenvalue weighted by Gasteiger charge is -2.10. The van der Waals surface area contributed by atoms with Gasteiger partial charge in [-0.15, -0.1) is 0 Å². The predicted octanol–water partition coefficient (Wildman–Crippen LogP) is 4.21. The summed E-state index contributed by atoms with van der Waals surface area (Å²) in [5.74, 6) is 1.69. The number of carbonyl (C=O) groups excluding carboxylic acids is 1. The molecule has 0 atom stereocenters. The fourth-order valence-corrected chi connectivity index (χ4v) is 3.22. The van der Waals surface area contributed by atoms with Crippen LogP contribution >= 0.6 is 0 Å². The Labute approximate surface area is 197 Å². The minimum absolute atomic E-state index is 0.134. The van der Waals surface area contributed by atoms with E-state index in [4.69, 9.17) is 9.47 Å². The number of nitrogens with zero attached hydrogens (tertiary/aromatic N) is 2. The predicted molar refractivity (Wildman–Crippen MR) is 130 cm³/mol. The first kappa shape index (κ1) is 22.8. The summed E-state index contributed by atoms with van der Waals surface area (Å²) < 4.78 is 12.6. The molecule has 1 amide bonds. The zero-order chi connectivity index (χ0) is 23.8. The Bertz CT molecular complexity index is 1280. The Kier molecular flexibility index (Phi) is 7.35. The molecule has 3 aromatic carbocycles. The summed E-state index contributed by atoms with van der Waals surface area (Å²) in [5, 5.41) is 7.16. The number of nitrogens with one attached hydrogen (secondary N) is 1. The van der Waals surface area contributed by atoms with Gasteiger partial charge in [0.15, 0.2) is 6.61 Å². The molecule has 0 bridgehead atoms. The smallest absolute Gasteiger partial charge is 0.266 e. The number of hydrogen-bond donors (Lipinski definition) is 1. The number of ether oxygens (including phenoxy) is 2. The standard InChI is InChI=1S/C27H25N3O4/c1-20-7-9-21(10-8-20)25-15-16-27(32)30(29-25)18-17-28-26(31)19-33-22-11-13-24(14-12-22)34-23-5-3-2-4-6-23/h2-16H,17-19H2,1H3,(H,28,31). The Morgan fingerprint density at radius 2 is 1.53 bits per heavy atom. The van der Waals surface area contributed by atoms with Crippen LogP contribution in [-0.2, 0) is 11.3 Å². The maximum absolute atomic E-state index is 12.2. The van der Waals surface area contributed by atoms with Crippen LogP contribution in [0.1, 0.15) is 5.56 Å². The van der Waals surface area contributed by atoms with Gasteiger partial charge in [0.2, 0.25) is 0 Å². The first-order valence-corrected chi connectivity index (χ1v) is 10.9. The lowest BCUT2D eigenvalue weighted by Crippen LogP contribution is -2.34. The van der Waals surface area contributed by atoms with Gasteiger partial charge < -0.3 is 14.8 Å². The van der Waals surface area contributed by atoms with Gasteiger partial charge in [-0.2, -0.15) is 5.10 Å². The second-order valence-electron chi connectivity index (χ2n) is 7.67. The SMILES string of the molecule is Cc1ccc(-c2ccc(=O)n(CCNC(=O)COc3ccc(Oc4ccccc4)cc3)n2)cc1. The molecule has 1 heterocycles. The van der Waals surface area contributed by atoms with Crippen molar-refractivity contribution in [1.82, 2.24) is 15.1 Å². The van der Waals surface area contributed by atoms with Crippen molar-refractivity contribution in [2.24, 2.45) is 0 Å². The van der Waals surface area contributed by atoms with Crippen LogP contribution in [0.25, 0.3) is 11.3 Å². The third-order valence-corrected chi connectivity index (χ3v) is 5.03. The van der Waals surface area contributed by atoms with Crippen LogP contribution in [0.15, 0.2) is 95.8 Å². The molecule has 4 aromatic rings. The summed E-state index contributed by atoms with van der Waals surface area (Å²) in [5.41, 5.74) is 2.56. The molecule has 1 N–H and O–H groups in total. The minimum atomic E-state index is -0.285. The Morgan fingerprint density at radius 3 is 2.26 bits per heavy atom. The molecule has 7 heteroatoms. The average Bonchev–Trinajstić information content (AvgIpc) is 2.86. The normalized spacial score (nSPS) is 10.5.